The third kappa shape index (κ3) is 1.69. The fourth-order valence-corrected chi connectivity index (χ4v) is 2.75. The van der Waals surface area contributed by atoms with Crippen molar-refractivity contribution in [1.29, 1.82) is 0 Å². The molecule has 1 aliphatic rings. The highest BCUT2D eigenvalue weighted by molar-refractivity contribution is 7.12. The summed E-state index contributed by atoms with van der Waals surface area (Å²) < 4.78 is 0. The second-order valence-electron chi connectivity index (χ2n) is 3.68. The number of carbonyl (C=O) groups is 1. The average molecular weight is 209 g/mol. The SMILES string of the molecule is CCC1CCCN1C(=O)c1cccs1. The summed E-state index contributed by atoms with van der Waals surface area (Å²) in [6.07, 6.45) is 3.42. The van der Waals surface area contributed by atoms with E-state index in [1.165, 1.54) is 17.8 Å². The lowest BCUT2D eigenvalue weighted by molar-refractivity contribution is 0.0738. The van der Waals surface area contributed by atoms with Crippen LogP contribution in [0.1, 0.15) is 35.9 Å². The highest BCUT2D eigenvalue weighted by Crippen LogP contribution is 2.23. The normalized spacial score (nSPS) is 21.5. The summed E-state index contributed by atoms with van der Waals surface area (Å²) in [6, 6.07) is 4.33. The van der Waals surface area contributed by atoms with E-state index in [1.54, 1.807) is 0 Å². The number of amides is 1. The minimum absolute atomic E-state index is 0.226. The molecule has 1 aromatic rings. The summed E-state index contributed by atoms with van der Waals surface area (Å²) in [5.41, 5.74) is 0. The number of hydrogen-bond acceptors (Lipinski definition) is 2. The Morgan fingerprint density at radius 1 is 1.71 bits per heavy atom. The second-order valence-corrected chi connectivity index (χ2v) is 4.63. The predicted molar refractivity (Wildman–Crippen MR) is 58.7 cm³/mol. The fourth-order valence-electron chi connectivity index (χ4n) is 2.07. The van der Waals surface area contributed by atoms with Crippen molar-refractivity contribution in [3.05, 3.63) is 22.4 Å². The molecule has 2 rings (SSSR count). The Kier molecular flexibility index (Phi) is 2.87. The summed E-state index contributed by atoms with van der Waals surface area (Å²) >= 11 is 1.54. The Morgan fingerprint density at radius 2 is 2.57 bits per heavy atom. The van der Waals surface area contributed by atoms with E-state index in [4.69, 9.17) is 0 Å². The van der Waals surface area contributed by atoms with Gasteiger partial charge >= 0.3 is 0 Å². The van der Waals surface area contributed by atoms with Crippen LogP contribution in [0, 0.1) is 0 Å². The summed E-state index contributed by atoms with van der Waals surface area (Å²) in [5.74, 6) is 0.226. The molecule has 1 aromatic heterocycles. The van der Waals surface area contributed by atoms with E-state index < -0.39 is 0 Å². The first-order valence-electron chi connectivity index (χ1n) is 5.17. The van der Waals surface area contributed by atoms with Gasteiger partial charge in [0.1, 0.15) is 0 Å². The molecule has 0 aromatic carbocycles. The topological polar surface area (TPSA) is 20.3 Å². The van der Waals surface area contributed by atoms with Gasteiger partial charge in [-0.1, -0.05) is 13.0 Å². The van der Waals surface area contributed by atoms with Gasteiger partial charge in [-0.2, -0.15) is 0 Å². The van der Waals surface area contributed by atoms with E-state index in [0.717, 1.165) is 24.3 Å². The van der Waals surface area contributed by atoms with Crippen molar-refractivity contribution in [1.82, 2.24) is 4.90 Å². The van der Waals surface area contributed by atoms with Crippen molar-refractivity contribution in [3.8, 4) is 0 Å². The van der Waals surface area contributed by atoms with Gasteiger partial charge in [-0.3, -0.25) is 4.79 Å². The van der Waals surface area contributed by atoms with E-state index >= 15 is 0 Å². The molecular formula is C11H15NOS. The van der Waals surface area contributed by atoms with Gasteiger partial charge < -0.3 is 4.90 Å². The lowest BCUT2D eigenvalue weighted by atomic mass is 10.2. The van der Waals surface area contributed by atoms with Crippen LogP contribution in [-0.4, -0.2) is 23.4 Å². The molecule has 1 unspecified atom stereocenters. The Hall–Kier alpha value is -0.830. The number of carbonyl (C=O) groups excluding carboxylic acids is 1. The van der Waals surface area contributed by atoms with E-state index in [9.17, 15) is 4.79 Å². The van der Waals surface area contributed by atoms with Crippen LogP contribution in [0.25, 0.3) is 0 Å². The van der Waals surface area contributed by atoms with Gasteiger partial charge in [0.2, 0.25) is 0 Å². The van der Waals surface area contributed by atoms with Crippen LogP contribution >= 0.6 is 11.3 Å². The standard InChI is InChI=1S/C11H15NOS/c1-2-9-5-3-7-12(9)11(13)10-6-4-8-14-10/h4,6,8-9H,2-3,5,7H2,1H3. The van der Waals surface area contributed by atoms with Crippen LogP contribution in [0.4, 0.5) is 0 Å². The lowest BCUT2D eigenvalue weighted by Gasteiger charge is -2.22. The summed E-state index contributed by atoms with van der Waals surface area (Å²) in [4.78, 5) is 14.9. The highest BCUT2D eigenvalue weighted by Gasteiger charge is 2.28. The molecule has 1 fully saturated rings. The maximum atomic E-state index is 12.0. The first kappa shape index (κ1) is 9.71. The number of rotatable bonds is 2. The molecule has 1 atom stereocenters. The molecular weight excluding hydrogens is 194 g/mol. The third-order valence-electron chi connectivity index (χ3n) is 2.84. The van der Waals surface area contributed by atoms with Gasteiger partial charge in [-0.05, 0) is 30.7 Å². The number of thiophene rings is 1. The Labute approximate surface area is 88.5 Å². The molecule has 2 heterocycles. The zero-order chi connectivity index (χ0) is 9.97. The van der Waals surface area contributed by atoms with E-state index in [2.05, 4.69) is 6.92 Å². The van der Waals surface area contributed by atoms with Crippen molar-refractivity contribution < 1.29 is 4.79 Å². The predicted octanol–water partition coefficient (Wildman–Crippen LogP) is 2.76. The quantitative estimate of drug-likeness (QED) is 0.733. The molecule has 14 heavy (non-hydrogen) atoms. The van der Waals surface area contributed by atoms with Crippen molar-refractivity contribution in [2.75, 3.05) is 6.54 Å². The third-order valence-corrected chi connectivity index (χ3v) is 3.70. The molecule has 2 nitrogen and oxygen atoms in total. The van der Waals surface area contributed by atoms with Gasteiger partial charge in [0.05, 0.1) is 4.88 Å². The zero-order valence-electron chi connectivity index (χ0n) is 8.40. The van der Waals surface area contributed by atoms with Crippen molar-refractivity contribution in [2.24, 2.45) is 0 Å². The van der Waals surface area contributed by atoms with Gasteiger partial charge in [0, 0.05) is 12.6 Å². The summed E-state index contributed by atoms with van der Waals surface area (Å²) in [6.45, 7) is 3.10. The van der Waals surface area contributed by atoms with Crippen LogP contribution in [0.2, 0.25) is 0 Å². The van der Waals surface area contributed by atoms with Gasteiger partial charge in [0.25, 0.3) is 5.91 Å². The first-order chi connectivity index (χ1) is 6.83. The summed E-state index contributed by atoms with van der Waals surface area (Å²) in [7, 11) is 0. The molecule has 1 aliphatic heterocycles. The van der Waals surface area contributed by atoms with Crippen molar-refractivity contribution in [2.45, 2.75) is 32.2 Å². The Balaban J connectivity index is 2.11. The molecule has 0 bridgehead atoms. The van der Waals surface area contributed by atoms with Crippen molar-refractivity contribution in [3.63, 3.8) is 0 Å². The lowest BCUT2D eigenvalue weighted by Crippen LogP contribution is -2.34. The molecule has 0 spiro atoms. The molecule has 76 valence electrons. The van der Waals surface area contributed by atoms with Gasteiger partial charge in [-0.25, -0.2) is 0 Å². The highest BCUT2D eigenvalue weighted by atomic mass is 32.1. The van der Waals surface area contributed by atoms with E-state index in [0.29, 0.717) is 6.04 Å². The molecule has 1 amide bonds. The number of nitrogens with zero attached hydrogens (tertiary/aromatic N) is 1. The number of hydrogen-bond donors (Lipinski definition) is 0. The largest absolute Gasteiger partial charge is 0.335 e. The minimum atomic E-state index is 0.226. The molecule has 3 heteroatoms. The van der Waals surface area contributed by atoms with Crippen LogP contribution in [0.15, 0.2) is 17.5 Å². The van der Waals surface area contributed by atoms with Crippen LogP contribution in [0.3, 0.4) is 0 Å². The van der Waals surface area contributed by atoms with Gasteiger partial charge in [0.15, 0.2) is 0 Å². The molecule has 0 saturated carbocycles. The Morgan fingerprint density at radius 3 is 3.21 bits per heavy atom. The van der Waals surface area contributed by atoms with E-state index in [1.807, 2.05) is 22.4 Å². The smallest absolute Gasteiger partial charge is 0.264 e. The second kappa shape index (κ2) is 4.13. The monoisotopic (exact) mass is 209 g/mol. The van der Waals surface area contributed by atoms with Crippen LogP contribution < -0.4 is 0 Å². The number of likely N-dealkylation sites (tertiary alicyclic amines) is 1. The summed E-state index contributed by atoms with van der Waals surface area (Å²) in [5, 5.41) is 1.96. The molecule has 0 N–H and O–H groups in total. The molecule has 0 aliphatic carbocycles. The zero-order valence-corrected chi connectivity index (χ0v) is 9.22. The van der Waals surface area contributed by atoms with Crippen LogP contribution in [-0.2, 0) is 0 Å². The Bertz CT molecular complexity index is 307. The van der Waals surface area contributed by atoms with Crippen LogP contribution in [0.5, 0.6) is 0 Å². The maximum Gasteiger partial charge on any atom is 0.264 e. The van der Waals surface area contributed by atoms with Crippen molar-refractivity contribution >= 4 is 17.2 Å². The average Bonchev–Trinajstić information content (AvgIpc) is 2.87. The van der Waals surface area contributed by atoms with E-state index in [-0.39, 0.29) is 5.91 Å². The molecule has 0 radical (unpaired) electrons. The fraction of sp³-hybridized carbons (Fsp3) is 0.545. The molecule has 1 saturated heterocycles. The van der Waals surface area contributed by atoms with Gasteiger partial charge in [-0.15, -0.1) is 11.3 Å². The first-order valence-corrected chi connectivity index (χ1v) is 6.05. The maximum absolute atomic E-state index is 12.0. The minimum Gasteiger partial charge on any atom is -0.335 e.